The fraction of sp³-hybridized carbons (Fsp3) is 0.905. The van der Waals surface area contributed by atoms with Gasteiger partial charge in [-0.15, -0.1) is 6.58 Å². The van der Waals surface area contributed by atoms with E-state index in [1.54, 1.807) is 0 Å². The molecule has 0 amide bonds. The maximum atomic E-state index is 6.75. The average Bonchev–Trinajstić information content (AvgIpc) is 2.40. The van der Waals surface area contributed by atoms with E-state index in [1.165, 1.54) is 0 Å². The third-order valence-electron chi connectivity index (χ3n) is 6.58. The molecule has 0 saturated heterocycles. The number of hydrogen-bond acceptors (Lipinski definition) is 2. The SMILES string of the molecule is C=CC[C@@H](N[Si](C(C)C)(C(C)C)C(C)C)[C@H](C)O[Si](C)(C)C(C)(C)C. The van der Waals surface area contributed by atoms with Gasteiger partial charge in [-0.2, -0.15) is 0 Å². The third kappa shape index (κ3) is 6.05. The van der Waals surface area contributed by atoms with E-state index in [0.29, 0.717) is 22.7 Å². The largest absolute Gasteiger partial charge is 0.413 e. The van der Waals surface area contributed by atoms with Crippen molar-refractivity contribution in [3.63, 3.8) is 0 Å². The molecule has 0 aromatic carbocycles. The first-order chi connectivity index (χ1) is 11.1. The van der Waals surface area contributed by atoms with Gasteiger partial charge in [0.15, 0.2) is 8.32 Å². The first kappa shape index (κ1) is 25.1. The van der Waals surface area contributed by atoms with Crippen molar-refractivity contribution in [1.82, 2.24) is 4.98 Å². The van der Waals surface area contributed by atoms with Crippen LogP contribution in [-0.2, 0) is 4.43 Å². The van der Waals surface area contributed by atoms with Crippen LogP contribution >= 0.6 is 0 Å². The van der Waals surface area contributed by atoms with Crippen molar-refractivity contribution in [2.24, 2.45) is 0 Å². The second-order valence-corrected chi connectivity index (χ2v) is 20.6. The lowest BCUT2D eigenvalue weighted by Crippen LogP contribution is -2.64. The van der Waals surface area contributed by atoms with E-state index < -0.39 is 16.6 Å². The van der Waals surface area contributed by atoms with Gasteiger partial charge in [0, 0.05) is 6.04 Å². The Morgan fingerprint density at radius 2 is 1.32 bits per heavy atom. The van der Waals surface area contributed by atoms with Crippen molar-refractivity contribution in [3.05, 3.63) is 12.7 Å². The summed E-state index contributed by atoms with van der Waals surface area (Å²) in [6.07, 6.45) is 3.24. The monoisotopic (exact) mass is 385 g/mol. The van der Waals surface area contributed by atoms with Gasteiger partial charge in [0.2, 0.25) is 0 Å². The summed E-state index contributed by atoms with van der Waals surface area (Å²) in [5.41, 5.74) is 2.08. The van der Waals surface area contributed by atoms with Crippen LogP contribution in [0.5, 0.6) is 0 Å². The van der Waals surface area contributed by atoms with Crippen molar-refractivity contribution in [1.29, 1.82) is 0 Å². The molecule has 0 saturated carbocycles. The van der Waals surface area contributed by atoms with E-state index in [1.807, 2.05) is 0 Å². The highest BCUT2D eigenvalue weighted by Crippen LogP contribution is 2.41. The topological polar surface area (TPSA) is 21.3 Å². The zero-order valence-electron chi connectivity index (χ0n) is 19.3. The van der Waals surface area contributed by atoms with Crippen molar-refractivity contribution in [3.8, 4) is 0 Å². The molecule has 0 aliphatic rings. The lowest BCUT2D eigenvalue weighted by molar-refractivity contribution is 0.161. The Hall–Kier alpha value is 0.0938. The molecule has 0 aliphatic heterocycles. The minimum Gasteiger partial charge on any atom is -0.413 e. The van der Waals surface area contributed by atoms with Gasteiger partial charge in [0.05, 0.1) is 6.10 Å². The molecule has 25 heavy (non-hydrogen) atoms. The third-order valence-corrected chi connectivity index (χ3v) is 17.8. The van der Waals surface area contributed by atoms with Gasteiger partial charge in [-0.3, -0.25) is 0 Å². The molecular formula is C21H47NOSi2. The Labute approximate surface area is 161 Å². The molecule has 2 nitrogen and oxygen atoms in total. The molecule has 2 atom stereocenters. The number of nitrogens with one attached hydrogen (secondary N) is 1. The molecule has 0 fully saturated rings. The van der Waals surface area contributed by atoms with E-state index in [4.69, 9.17) is 4.43 Å². The Bertz CT molecular complexity index is 389. The summed E-state index contributed by atoms with van der Waals surface area (Å²) in [6.45, 7) is 32.4. The molecule has 1 N–H and O–H groups in total. The summed E-state index contributed by atoms with van der Waals surface area (Å²) in [4.78, 5) is 4.21. The molecule has 0 bridgehead atoms. The standard InChI is InChI=1S/C21H47NOSi2/c1-14-15-20(19(8)23-24(12,13)21(9,10)11)22-25(16(2)3,17(4)5)18(6)7/h14,16-20,22H,1,15H2,2-13H3/t19-,20+/m0/s1. The predicted octanol–water partition coefficient (Wildman–Crippen LogP) is 7.11. The van der Waals surface area contributed by atoms with E-state index >= 15 is 0 Å². The first-order valence-electron chi connectivity index (χ1n) is 10.2. The van der Waals surface area contributed by atoms with Crippen molar-refractivity contribution < 1.29 is 4.43 Å². The molecule has 150 valence electrons. The fourth-order valence-electron chi connectivity index (χ4n) is 4.09. The minimum absolute atomic E-state index is 0.210. The van der Waals surface area contributed by atoms with E-state index in [9.17, 15) is 0 Å². The molecule has 0 spiro atoms. The van der Waals surface area contributed by atoms with Crippen molar-refractivity contribution >= 4 is 16.6 Å². The first-order valence-corrected chi connectivity index (χ1v) is 15.3. The van der Waals surface area contributed by atoms with Crippen LogP contribution in [0.2, 0.25) is 34.8 Å². The van der Waals surface area contributed by atoms with E-state index in [2.05, 4.69) is 100.0 Å². The van der Waals surface area contributed by atoms with Crippen LogP contribution in [0.4, 0.5) is 0 Å². The van der Waals surface area contributed by atoms with E-state index in [0.717, 1.165) is 6.42 Å². The Morgan fingerprint density at radius 3 is 1.60 bits per heavy atom. The highest BCUT2D eigenvalue weighted by atomic mass is 28.4. The molecule has 4 heteroatoms. The summed E-state index contributed by atoms with van der Waals surface area (Å²) in [5.74, 6) is 0. The predicted molar refractivity (Wildman–Crippen MR) is 121 cm³/mol. The maximum Gasteiger partial charge on any atom is 0.192 e. The van der Waals surface area contributed by atoms with Gasteiger partial charge in [-0.1, -0.05) is 68.4 Å². The smallest absolute Gasteiger partial charge is 0.192 e. The Balaban J connectivity index is 5.63. The maximum absolute atomic E-state index is 6.75. The fourth-order valence-corrected chi connectivity index (χ4v) is 11.5. The van der Waals surface area contributed by atoms with Gasteiger partial charge in [0.25, 0.3) is 0 Å². The summed E-state index contributed by atoms with van der Waals surface area (Å²) in [7, 11) is -3.45. The molecule has 0 heterocycles. The van der Waals surface area contributed by atoms with Gasteiger partial charge in [-0.25, -0.2) is 0 Å². The quantitative estimate of drug-likeness (QED) is 0.319. The Morgan fingerprint density at radius 1 is 0.920 bits per heavy atom. The molecule has 0 rings (SSSR count). The van der Waals surface area contributed by atoms with Crippen LogP contribution in [0.1, 0.15) is 75.7 Å². The molecule has 0 unspecified atom stereocenters. The van der Waals surface area contributed by atoms with Crippen LogP contribution < -0.4 is 4.98 Å². The molecular weight excluding hydrogens is 338 g/mol. The van der Waals surface area contributed by atoms with Crippen molar-refractivity contribution in [2.75, 3.05) is 0 Å². The number of hydrogen-bond donors (Lipinski definition) is 1. The average molecular weight is 386 g/mol. The highest BCUT2D eigenvalue weighted by molar-refractivity contribution is 6.81. The van der Waals surface area contributed by atoms with E-state index in [-0.39, 0.29) is 11.1 Å². The summed E-state index contributed by atoms with van der Waals surface area (Å²) >= 11 is 0. The lowest BCUT2D eigenvalue weighted by atomic mass is 10.1. The van der Waals surface area contributed by atoms with Gasteiger partial charge in [0.1, 0.15) is 8.24 Å². The summed E-state index contributed by atoms with van der Waals surface area (Å²) < 4.78 is 6.75. The lowest BCUT2D eigenvalue weighted by Gasteiger charge is -2.48. The second kappa shape index (κ2) is 9.34. The molecule has 0 aromatic rings. The van der Waals surface area contributed by atoms with Crippen LogP contribution in [-0.4, -0.2) is 28.7 Å². The second-order valence-electron chi connectivity index (χ2n) is 10.3. The van der Waals surface area contributed by atoms with Crippen LogP contribution in [0.15, 0.2) is 12.7 Å². The molecule has 0 radical (unpaired) electrons. The summed E-state index contributed by atoms with van der Waals surface area (Å²) in [5, 5.41) is 0.239. The summed E-state index contributed by atoms with van der Waals surface area (Å²) in [6, 6.07) is 0.352. The van der Waals surface area contributed by atoms with Gasteiger partial charge in [-0.05, 0) is 48.1 Å². The zero-order valence-corrected chi connectivity index (χ0v) is 21.3. The Kier molecular flexibility index (Phi) is 9.37. The molecule has 0 aliphatic carbocycles. The minimum atomic E-state index is -1.78. The van der Waals surface area contributed by atoms with Gasteiger partial charge < -0.3 is 9.41 Å². The van der Waals surface area contributed by atoms with Crippen LogP contribution in [0, 0.1) is 0 Å². The van der Waals surface area contributed by atoms with Gasteiger partial charge >= 0.3 is 0 Å². The normalized spacial score (nSPS) is 16.6. The highest BCUT2D eigenvalue weighted by Gasteiger charge is 2.46. The molecule has 0 aromatic heterocycles. The zero-order chi connectivity index (χ0) is 20.2. The van der Waals surface area contributed by atoms with Crippen LogP contribution in [0.3, 0.4) is 0 Å². The van der Waals surface area contributed by atoms with Crippen LogP contribution in [0.25, 0.3) is 0 Å². The van der Waals surface area contributed by atoms with Crippen molar-refractivity contribution in [2.45, 2.75) is 123 Å². The number of rotatable bonds is 10.